The molecule has 40 heavy (non-hydrogen) atoms. The van der Waals surface area contributed by atoms with Crippen molar-refractivity contribution in [1.29, 1.82) is 0 Å². The normalized spacial score (nSPS) is 19.2. The Bertz CT molecular complexity index is 1260. The van der Waals surface area contributed by atoms with Gasteiger partial charge in [-0.3, -0.25) is 14.4 Å². The number of aliphatic hydroxyl groups is 1. The van der Waals surface area contributed by atoms with Crippen LogP contribution in [-0.2, 0) is 22.2 Å². The third kappa shape index (κ3) is 7.66. The first kappa shape index (κ1) is 31.2. The second-order valence-electron chi connectivity index (χ2n) is 11.0. The number of benzene rings is 2. The average Bonchev–Trinajstić information content (AvgIpc) is 3.25. The lowest BCUT2D eigenvalue weighted by molar-refractivity contribution is -0.146. The molecule has 8 nitrogen and oxygen atoms in total. The Kier molecular flexibility index (Phi) is 9.41. The lowest BCUT2D eigenvalue weighted by Crippen LogP contribution is -2.57. The fraction of sp³-hybridized carbons (Fsp3) is 0.464. The molecule has 0 aliphatic carbocycles. The number of alkyl halides is 4. The maximum absolute atomic E-state index is 13.5. The molecule has 0 spiro atoms. The van der Waals surface area contributed by atoms with Gasteiger partial charge in [-0.25, -0.2) is 0 Å². The van der Waals surface area contributed by atoms with E-state index in [2.05, 4.69) is 10.6 Å². The summed E-state index contributed by atoms with van der Waals surface area (Å²) < 4.78 is 40.0. The molecule has 2 aromatic rings. The van der Waals surface area contributed by atoms with E-state index in [9.17, 15) is 37.8 Å². The lowest BCUT2D eigenvalue weighted by atomic mass is 9.97. The van der Waals surface area contributed by atoms with Gasteiger partial charge in [-0.1, -0.05) is 24.3 Å². The molecule has 3 amide bonds. The van der Waals surface area contributed by atoms with Crippen LogP contribution in [0.3, 0.4) is 0 Å². The van der Waals surface area contributed by atoms with Crippen LogP contribution in [0.25, 0.3) is 0 Å². The minimum absolute atomic E-state index is 0.0461. The van der Waals surface area contributed by atoms with E-state index in [-0.39, 0.29) is 41.8 Å². The second kappa shape index (κ2) is 12.1. The van der Waals surface area contributed by atoms with E-state index in [1.54, 1.807) is 20.8 Å². The van der Waals surface area contributed by atoms with Gasteiger partial charge in [-0.2, -0.15) is 13.2 Å². The van der Waals surface area contributed by atoms with Crippen molar-refractivity contribution in [1.82, 2.24) is 15.5 Å². The van der Waals surface area contributed by atoms with Crippen LogP contribution in [0.5, 0.6) is 5.75 Å². The van der Waals surface area contributed by atoms with E-state index in [1.807, 2.05) is 0 Å². The van der Waals surface area contributed by atoms with Crippen LogP contribution < -0.4 is 10.6 Å². The molecule has 0 unspecified atom stereocenters. The molecular weight excluding hydrogens is 551 g/mol. The summed E-state index contributed by atoms with van der Waals surface area (Å²) in [6, 6.07) is 6.20. The third-order valence-electron chi connectivity index (χ3n) is 6.54. The molecule has 3 rings (SSSR count). The number of nitrogens with one attached hydrogen (secondary N) is 2. The molecule has 0 radical (unpaired) electrons. The zero-order chi connectivity index (χ0) is 30.0. The van der Waals surface area contributed by atoms with Gasteiger partial charge < -0.3 is 25.7 Å². The van der Waals surface area contributed by atoms with Crippen LogP contribution in [0.15, 0.2) is 42.5 Å². The van der Waals surface area contributed by atoms with E-state index in [4.69, 9.17) is 11.6 Å². The number of phenols is 1. The number of nitrogens with zero attached hydrogens (tertiary/aromatic N) is 1. The number of likely N-dealkylation sites (tertiary alicyclic amines) is 1. The Morgan fingerprint density at radius 2 is 1.77 bits per heavy atom. The maximum atomic E-state index is 13.5. The average molecular weight is 584 g/mol. The Hall–Kier alpha value is -3.31. The highest BCUT2D eigenvalue weighted by molar-refractivity contribution is 6.21. The molecule has 4 N–H and O–H groups in total. The minimum Gasteiger partial charge on any atom is -0.508 e. The largest absolute Gasteiger partial charge is 0.508 e. The zero-order valence-electron chi connectivity index (χ0n) is 22.6. The Morgan fingerprint density at radius 1 is 1.12 bits per heavy atom. The number of hydrogen-bond donors (Lipinski definition) is 4. The molecule has 1 saturated heterocycles. The summed E-state index contributed by atoms with van der Waals surface area (Å²) in [5.41, 5.74) is -1.13. The van der Waals surface area contributed by atoms with E-state index in [0.717, 1.165) is 17.0 Å². The topological polar surface area (TPSA) is 119 Å². The summed E-state index contributed by atoms with van der Waals surface area (Å²) in [6.07, 6.45) is -6.75. The SMILES string of the molecule is Cc1c(O)cccc1C(=O)N[C@@H](Cc1cccc(C(F)(F)F)c1)[C@H](O)C(=O)N1C[C@@H](Cl)C[C@H]1C(=O)NC(C)(C)C. The van der Waals surface area contributed by atoms with E-state index in [0.29, 0.717) is 0 Å². The summed E-state index contributed by atoms with van der Waals surface area (Å²) >= 11 is 6.28. The van der Waals surface area contributed by atoms with Crippen LogP contribution in [-0.4, -0.2) is 68.5 Å². The molecule has 2 aromatic carbocycles. The fourth-order valence-corrected chi connectivity index (χ4v) is 4.87. The number of aliphatic hydroxyl groups excluding tert-OH is 1. The zero-order valence-corrected chi connectivity index (χ0v) is 23.3. The molecule has 4 atom stereocenters. The number of aromatic hydroxyl groups is 1. The molecule has 0 bridgehead atoms. The van der Waals surface area contributed by atoms with Crippen LogP contribution in [0.1, 0.15) is 54.2 Å². The van der Waals surface area contributed by atoms with Gasteiger partial charge in [0, 0.05) is 23.2 Å². The van der Waals surface area contributed by atoms with Crippen molar-refractivity contribution >= 4 is 29.3 Å². The van der Waals surface area contributed by atoms with Gasteiger partial charge in [0.05, 0.1) is 17.0 Å². The van der Waals surface area contributed by atoms with E-state index >= 15 is 0 Å². The Labute approximate surface area is 235 Å². The first-order valence-electron chi connectivity index (χ1n) is 12.7. The van der Waals surface area contributed by atoms with Crippen LogP contribution >= 0.6 is 11.6 Å². The monoisotopic (exact) mass is 583 g/mol. The summed E-state index contributed by atoms with van der Waals surface area (Å²) in [7, 11) is 0. The Balaban J connectivity index is 1.93. The molecule has 12 heteroatoms. The van der Waals surface area contributed by atoms with Crippen molar-refractivity contribution in [3.8, 4) is 5.75 Å². The molecule has 0 aromatic heterocycles. The molecule has 218 valence electrons. The predicted octanol–water partition coefficient (Wildman–Crippen LogP) is 3.54. The molecule has 1 heterocycles. The fourth-order valence-electron chi connectivity index (χ4n) is 4.56. The first-order valence-corrected chi connectivity index (χ1v) is 13.1. The summed E-state index contributed by atoms with van der Waals surface area (Å²) in [6.45, 7) is 6.75. The van der Waals surface area contributed by atoms with Crippen LogP contribution in [0.2, 0.25) is 0 Å². The first-order chi connectivity index (χ1) is 18.5. The lowest BCUT2D eigenvalue weighted by Gasteiger charge is -2.32. The highest BCUT2D eigenvalue weighted by Crippen LogP contribution is 2.30. The number of rotatable bonds is 7. The second-order valence-corrected chi connectivity index (χ2v) is 11.6. The predicted molar refractivity (Wildman–Crippen MR) is 143 cm³/mol. The highest BCUT2D eigenvalue weighted by Gasteiger charge is 2.43. The summed E-state index contributed by atoms with van der Waals surface area (Å²) in [5, 5.41) is 26.0. The van der Waals surface area contributed by atoms with Crippen molar-refractivity contribution in [3.05, 3.63) is 64.7 Å². The number of hydrogen-bond acceptors (Lipinski definition) is 5. The van der Waals surface area contributed by atoms with Gasteiger partial charge in [0.15, 0.2) is 6.10 Å². The van der Waals surface area contributed by atoms with Crippen LogP contribution in [0.4, 0.5) is 13.2 Å². The minimum atomic E-state index is -4.62. The standard InChI is InChI=1S/C28H33ClF3N3O5/c1-15-19(9-6-10-22(15)36)24(38)33-20(12-16-7-5-8-17(11-16)28(30,31)32)23(37)26(40)35-14-18(29)13-21(35)25(39)34-27(2,3)4/h5-11,18,20-21,23,36-37H,12-14H2,1-4H3,(H,33,38)(H,34,39)/t18-,20-,21-,23-/m0/s1. The van der Waals surface area contributed by atoms with E-state index < -0.39 is 58.6 Å². The summed E-state index contributed by atoms with van der Waals surface area (Å²) in [4.78, 5) is 40.7. The van der Waals surface area contributed by atoms with Crippen molar-refractivity contribution in [2.45, 2.75) is 75.8 Å². The maximum Gasteiger partial charge on any atom is 0.416 e. The number of phenolic OH excluding ortho intramolecular Hbond substituents is 1. The van der Waals surface area contributed by atoms with Gasteiger partial charge in [0.1, 0.15) is 11.8 Å². The molecule has 1 fully saturated rings. The third-order valence-corrected chi connectivity index (χ3v) is 6.86. The van der Waals surface area contributed by atoms with Crippen LogP contribution in [0, 0.1) is 6.92 Å². The molecular formula is C28H33ClF3N3O5. The highest BCUT2D eigenvalue weighted by atomic mass is 35.5. The number of carbonyl (C=O) groups is 3. The smallest absolute Gasteiger partial charge is 0.416 e. The van der Waals surface area contributed by atoms with Crippen molar-refractivity contribution < 1.29 is 37.8 Å². The summed E-state index contributed by atoms with van der Waals surface area (Å²) in [5.74, 6) is -2.28. The quantitative estimate of drug-likeness (QED) is 0.372. The van der Waals surface area contributed by atoms with Gasteiger partial charge in [0.2, 0.25) is 5.91 Å². The van der Waals surface area contributed by atoms with Gasteiger partial charge in [-0.05, 0) is 64.3 Å². The van der Waals surface area contributed by atoms with Gasteiger partial charge >= 0.3 is 6.18 Å². The molecule has 1 aliphatic heterocycles. The van der Waals surface area contributed by atoms with Crippen molar-refractivity contribution in [2.24, 2.45) is 0 Å². The number of amides is 3. The van der Waals surface area contributed by atoms with Crippen molar-refractivity contribution in [3.63, 3.8) is 0 Å². The van der Waals surface area contributed by atoms with Gasteiger partial charge in [-0.15, -0.1) is 11.6 Å². The van der Waals surface area contributed by atoms with E-state index in [1.165, 1.54) is 37.3 Å². The van der Waals surface area contributed by atoms with Crippen molar-refractivity contribution in [2.75, 3.05) is 6.54 Å². The van der Waals surface area contributed by atoms with Gasteiger partial charge in [0.25, 0.3) is 11.8 Å². The number of halogens is 4. The number of carbonyl (C=O) groups excluding carboxylic acids is 3. The molecule has 0 saturated carbocycles. The molecule has 1 aliphatic rings. The Morgan fingerprint density at radius 3 is 2.40 bits per heavy atom.